The predicted octanol–water partition coefficient (Wildman–Crippen LogP) is 3.19. The first-order chi connectivity index (χ1) is 15.5. The maximum absolute atomic E-state index is 13.0. The number of phenols is 1. The van der Waals surface area contributed by atoms with Crippen LogP contribution >= 0.6 is 11.6 Å². The number of amides is 1. The minimum atomic E-state index is -0.740. The van der Waals surface area contributed by atoms with E-state index >= 15 is 0 Å². The largest absolute Gasteiger partial charge is 0.508 e. The normalized spacial score (nSPS) is 21.3. The van der Waals surface area contributed by atoms with Crippen LogP contribution in [-0.2, 0) is 14.3 Å². The first kappa shape index (κ1) is 22.3. The average molecular weight is 457 g/mol. The molecule has 2 aromatic rings. The maximum atomic E-state index is 13.0. The highest BCUT2D eigenvalue weighted by atomic mass is 35.5. The van der Waals surface area contributed by atoms with E-state index in [1.807, 2.05) is 0 Å². The third-order valence-corrected chi connectivity index (χ3v) is 6.10. The van der Waals surface area contributed by atoms with Crippen molar-refractivity contribution in [1.29, 1.82) is 0 Å². The summed E-state index contributed by atoms with van der Waals surface area (Å²) in [5.41, 5.74) is 1.09. The first-order valence-corrected chi connectivity index (χ1v) is 11.0. The van der Waals surface area contributed by atoms with Crippen molar-refractivity contribution in [3.63, 3.8) is 0 Å². The Labute approximate surface area is 191 Å². The molecule has 2 aromatic carbocycles. The van der Waals surface area contributed by atoms with Gasteiger partial charge in [0.2, 0.25) is 0 Å². The van der Waals surface area contributed by atoms with Gasteiger partial charge in [-0.15, -0.1) is 0 Å². The summed E-state index contributed by atoms with van der Waals surface area (Å²) in [4.78, 5) is 29.7. The number of likely N-dealkylation sites (tertiary alicyclic amines) is 1. The van der Waals surface area contributed by atoms with Crippen molar-refractivity contribution in [2.75, 3.05) is 39.4 Å². The number of carbonyl (C=O) groups is 2. The molecule has 1 amide bonds. The highest BCUT2D eigenvalue weighted by Crippen LogP contribution is 2.40. The lowest BCUT2D eigenvalue weighted by molar-refractivity contribution is -0.140. The average Bonchev–Trinajstić information content (AvgIpc) is 3.05. The molecule has 0 unspecified atom stereocenters. The van der Waals surface area contributed by atoms with Gasteiger partial charge >= 0.3 is 0 Å². The molecule has 2 aliphatic heterocycles. The van der Waals surface area contributed by atoms with E-state index in [2.05, 4.69) is 4.90 Å². The molecular formula is C24H25ClN2O5. The van der Waals surface area contributed by atoms with Crippen molar-refractivity contribution in [3.8, 4) is 5.75 Å². The number of morpholine rings is 1. The van der Waals surface area contributed by atoms with Gasteiger partial charge in [0.05, 0.1) is 24.8 Å². The number of halogens is 1. The van der Waals surface area contributed by atoms with Crippen LogP contribution in [0, 0.1) is 0 Å². The Hall–Kier alpha value is -2.87. The Morgan fingerprint density at radius 2 is 1.66 bits per heavy atom. The number of aliphatic hydroxyl groups is 1. The number of phenolic OH excluding ortho intramolecular Hbond substituents is 1. The lowest BCUT2D eigenvalue weighted by atomic mass is 9.95. The van der Waals surface area contributed by atoms with Crippen molar-refractivity contribution >= 4 is 29.1 Å². The molecule has 2 saturated heterocycles. The summed E-state index contributed by atoms with van der Waals surface area (Å²) in [7, 11) is 0. The van der Waals surface area contributed by atoms with E-state index in [0.717, 1.165) is 19.6 Å². The van der Waals surface area contributed by atoms with Gasteiger partial charge in [0.1, 0.15) is 11.5 Å². The van der Waals surface area contributed by atoms with Gasteiger partial charge in [-0.3, -0.25) is 14.5 Å². The molecule has 168 valence electrons. The minimum Gasteiger partial charge on any atom is -0.508 e. The Morgan fingerprint density at radius 1 is 1.00 bits per heavy atom. The summed E-state index contributed by atoms with van der Waals surface area (Å²) in [6.45, 7) is 4.22. The molecule has 8 heteroatoms. The molecule has 0 radical (unpaired) electrons. The summed E-state index contributed by atoms with van der Waals surface area (Å²) >= 11 is 5.95. The van der Waals surface area contributed by atoms with Crippen LogP contribution in [0.3, 0.4) is 0 Å². The zero-order valence-corrected chi connectivity index (χ0v) is 18.3. The second kappa shape index (κ2) is 9.73. The molecule has 2 fully saturated rings. The second-order valence-electron chi connectivity index (χ2n) is 7.90. The van der Waals surface area contributed by atoms with Gasteiger partial charge < -0.3 is 19.8 Å². The molecule has 7 nitrogen and oxygen atoms in total. The summed E-state index contributed by atoms with van der Waals surface area (Å²) in [5, 5.41) is 21.2. The molecule has 1 atom stereocenters. The van der Waals surface area contributed by atoms with Gasteiger partial charge in [0.15, 0.2) is 0 Å². The molecule has 4 rings (SSSR count). The number of ketones is 1. The van der Waals surface area contributed by atoms with Crippen LogP contribution in [-0.4, -0.2) is 71.1 Å². The van der Waals surface area contributed by atoms with E-state index < -0.39 is 17.7 Å². The summed E-state index contributed by atoms with van der Waals surface area (Å²) in [5.74, 6) is -1.52. The van der Waals surface area contributed by atoms with Crippen LogP contribution in [0.25, 0.3) is 5.76 Å². The molecule has 0 aromatic heterocycles. The second-order valence-corrected chi connectivity index (χ2v) is 8.33. The zero-order valence-electron chi connectivity index (χ0n) is 17.5. The van der Waals surface area contributed by atoms with E-state index in [1.54, 1.807) is 36.4 Å². The number of hydrogen-bond acceptors (Lipinski definition) is 6. The number of Topliss-reactive ketones (excluding diaryl/α,β-unsaturated/α-hetero) is 1. The Kier molecular flexibility index (Phi) is 6.79. The van der Waals surface area contributed by atoms with Gasteiger partial charge in [-0.2, -0.15) is 0 Å². The van der Waals surface area contributed by atoms with Crippen LogP contribution in [0.15, 0.2) is 54.1 Å². The van der Waals surface area contributed by atoms with E-state index in [-0.39, 0.29) is 17.1 Å². The fourth-order valence-corrected chi connectivity index (χ4v) is 4.29. The smallest absolute Gasteiger partial charge is 0.295 e. The summed E-state index contributed by atoms with van der Waals surface area (Å²) < 4.78 is 5.37. The third-order valence-electron chi connectivity index (χ3n) is 5.84. The Balaban J connectivity index is 1.66. The van der Waals surface area contributed by atoms with Crippen molar-refractivity contribution in [3.05, 3.63) is 70.3 Å². The molecule has 0 spiro atoms. The van der Waals surface area contributed by atoms with Gasteiger partial charge in [-0.25, -0.2) is 0 Å². The number of aromatic hydroxyl groups is 1. The fourth-order valence-electron chi connectivity index (χ4n) is 4.17. The quantitative estimate of drug-likeness (QED) is 0.394. The van der Waals surface area contributed by atoms with Crippen molar-refractivity contribution in [1.82, 2.24) is 9.80 Å². The highest BCUT2D eigenvalue weighted by Gasteiger charge is 2.45. The number of ether oxygens (including phenoxy) is 1. The van der Waals surface area contributed by atoms with Crippen LogP contribution in [0.2, 0.25) is 5.02 Å². The minimum absolute atomic E-state index is 0.0365. The third kappa shape index (κ3) is 4.65. The molecule has 0 aliphatic carbocycles. The van der Waals surface area contributed by atoms with E-state index in [1.165, 1.54) is 17.0 Å². The molecular weight excluding hydrogens is 432 g/mol. The van der Waals surface area contributed by atoms with Gasteiger partial charge in [-0.1, -0.05) is 23.7 Å². The lowest BCUT2D eigenvalue weighted by Gasteiger charge is -2.29. The highest BCUT2D eigenvalue weighted by molar-refractivity contribution is 6.46. The number of nitrogens with zero attached hydrogens (tertiary/aromatic N) is 2. The van der Waals surface area contributed by atoms with Crippen LogP contribution in [0.4, 0.5) is 0 Å². The number of rotatable bonds is 6. The summed E-state index contributed by atoms with van der Waals surface area (Å²) in [6, 6.07) is 12.0. The Bertz CT molecular complexity index is 1010. The first-order valence-electron chi connectivity index (χ1n) is 10.6. The van der Waals surface area contributed by atoms with Gasteiger partial charge in [0.25, 0.3) is 11.7 Å². The predicted molar refractivity (Wildman–Crippen MR) is 120 cm³/mol. The number of aliphatic hydroxyl groups excluding tert-OH is 1. The van der Waals surface area contributed by atoms with E-state index in [9.17, 15) is 19.8 Å². The van der Waals surface area contributed by atoms with E-state index in [0.29, 0.717) is 42.3 Å². The monoisotopic (exact) mass is 456 g/mol. The number of carbonyl (C=O) groups excluding carboxylic acids is 2. The molecule has 2 aliphatic rings. The topological polar surface area (TPSA) is 90.3 Å². The zero-order chi connectivity index (χ0) is 22.7. The number of benzene rings is 2. The van der Waals surface area contributed by atoms with Crippen LogP contribution < -0.4 is 0 Å². The molecule has 2 N–H and O–H groups in total. The summed E-state index contributed by atoms with van der Waals surface area (Å²) in [6.07, 6.45) is 0.683. The Morgan fingerprint density at radius 3 is 2.31 bits per heavy atom. The molecule has 32 heavy (non-hydrogen) atoms. The van der Waals surface area contributed by atoms with Crippen LogP contribution in [0.5, 0.6) is 5.75 Å². The lowest BCUT2D eigenvalue weighted by Crippen LogP contribution is -2.38. The van der Waals surface area contributed by atoms with Gasteiger partial charge in [-0.05, 0) is 48.4 Å². The number of hydrogen-bond donors (Lipinski definition) is 2. The SMILES string of the molecule is O=C1C(=O)N(CCCN2CCOCC2)[C@H](c2ccc(O)cc2)C1=C(O)c1ccc(Cl)cc1. The van der Waals surface area contributed by atoms with Crippen molar-refractivity contribution in [2.45, 2.75) is 12.5 Å². The molecule has 0 saturated carbocycles. The standard InChI is InChI=1S/C24H25ClN2O5/c25-18-6-2-17(3-7-18)22(29)20-21(16-4-8-19(28)9-5-16)27(24(31)23(20)30)11-1-10-26-12-14-32-15-13-26/h2-9,21,28-29H,1,10-15H2/t21-/m1/s1. The fraction of sp³-hybridized carbons (Fsp3) is 0.333. The van der Waals surface area contributed by atoms with Crippen molar-refractivity contribution < 1.29 is 24.5 Å². The van der Waals surface area contributed by atoms with E-state index in [4.69, 9.17) is 16.3 Å². The molecule has 0 bridgehead atoms. The van der Waals surface area contributed by atoms with Crippen LogP contribution in [0.1, 0.15) is 23.6 Å². The van der Waals surface area contributed by atoms with Crippen molar-refractivity contribution in [2.24, 2.45) is 0 Å². The van der Waals surface area contributed by atoms with Gasteiger partial charge in [0, 0.05) is 36.8 Å². The maximum Gasteiger partial charge on any atom is 0.295 e. The molecule has 2 heterocycles.